The molecule has 1 aromatic rings. The third-order valence-electron chi connectivity index (χ3n) is 4.29. The number of hydrogen-bond acceptors (Lipinski definition) is 4. The van der Waals surface area contributed by atoms with E-state index in [2.05, 4.69) is 23.7 Å². The summed E-state index contributed by atoms with van der Waals surface area (Å²) in [5.74, 6) is -0.915. The maximum absolute atomic E-state index is 12.4. The number of aliphatic imine (C=N–C) groups is 1. The number of benzene rings is 1. The van der Waals surface area contributed by atoms with Gasteiger partial charge in [0, 0.05) is 23.4 Å². The van der Waals surface area contributed by atoms with Gasteiger partial charge in [0.05, 0.1) is 0 Å². The van der Waals surface area contributed by atoms with Gasteiger partial charge < -0.3 is 4.90 Å². The SMILES string of the molecule is CCN(CC)CCCN=C(C)C1C(=O)c2ccccc2C1=O. The fourth-order valence-electron chi connectivity index (χ4n) is 2.90. The highest BCUT2D eigenvalue weighted by Gasteiger charge is 2.39. The van der Waals surface area contributed by atoms with E-state index in [1.807, 2.05) is 0 Å². The van der Waals surface area contributed by atoms with Crippen LogP contribution in [0.4, 0.5) is 0 Å². The van der Waals surface area contributed by atoms with Gasteiger partial charge in [0.1, 0.15) is 5.92 Å². The molecule has 0 heterocycles. The number of carbonyl (C=O) groups excluding carboxylic acids is 2. The highest BCUT2D eigenvalue weighted by atomic mass is 16.2. The molecule has 0 aliphatic heterocycles. The van der Waals surface area contributed by atoms with E-state index < -0.39 is 5.92 Å². The predicted octanol–water partition coefficient (Wildman–Crippen LogP) is 2.87. The second-order valence-corrected chi connectivity index (χ2v) is 5.61. The zero-order chi connectivity index (χ0) is 16.1. The lowest BCUT2D eigenvalue weighted by atomic mass is 9.99. The van der Waals surface area contributed by atoms with Crippen molar-refractivity contribution in [3.63, 3.8) is 0 Å². The van der Waals surface area contributed by atoms with Gasteiger partial charge >= 0.3 is 0 Å². The quantitative estimate of drug-likeness (QED) is 0.442. The smallest absolute Gasteiger partial charge is 0.180 e. The number of fused-ring (bicyclic) bond motifs is 1. The second kappa shape index (κ2) is 7.45. The standard InChI is InChI=1S/C18H24N2O2/c1-4-20(5-2)12-8-11-19-13(3)16-17(21)14-9-6-7-10-15(14)18(16)22/h6-7,9-10,16H,4-5,8,11-12H2,1-3H3. The molecule has 0 aromatic heterocycles. The number of nitrogens with zero attached hydrogens (tertiary/aromatic N) is 2. The van der Waals surface area contributed by atoms with Gasteiger partial charge in [-0.2, -0.15) is 0 Å². The summed E-state index contributed by atoms with van der Waals surface area (Å²) in [4.78, 5) is 31.6. The van der Waals surface area contributed by atoms with Crippen LogP contribution in [-0.4, -0.2) is 48.4 Å². The zero-order valence-electron chi connectivity index (χ0n) is 13.6. The molecule has 118 valence electrons. The minimum Gasteiger partial charge on any atom is -0.304 e. The monoisotopic (exact) mass is 300 g/mol. The molecular formula is C18H24N2O2. The van der Waals surface area contributed by atoms with Gasteiger partial charge in [-0.15, -0.1) is 0 Å². The number of carbonyl (C=O) groups is 2. The fraction of sp³-hybridized carbons (Fsp3) is 0.500. The van der Waals surface area contributed by atoms with Gasteiger partial charge in [-0.3, -0.25) is 14.6 Å². The van der Waals surface area contributed by atoms with Gasteiger partial charge in [-0.1, -0.05) is 38.1 Å². The van der Waals surface area contributed by atoms with Crippen molar-refractivity contribution >= 4 is 17.3 Å². The van der Waals surface area contributed by atoms with Gasteiger partial charge in [0.2, 0.25) is 0 Å². The van der Waals surface area contributed by atoms with Crippen LogP contribution in [0.2, 0.25) is 0 Å². The summed E-state index contributed by atoms with van der Waals surface area (Å²) in [6, 6.07) is 7.04. The summed E-state index contributed by atoms with van der Waals surface area (Å²) < 4.78 is 0. The third kappa shape index (κ3) is 3.33. The lowest BCUT2D eigenvalue weighted by Gasteiger charge is -2.17. The van der Waals surface area contributed by atoms with Crippen LogP contribution in [0.15, 0.2) is 29.3 Å². The Morgan fingerprint density at radius 1 is 1.09 bits per heavy atom. The Bertz CT molecular complexity index is 554. The number of hydrogen-bond donors (Lipinski definition) is 0. The minimum atomic E-state index is -0.703. The summed E-state index contributed by atoms with van der Waals surface area (Å²) in [5, 5.41) is 0. The van der Waals surface area contributed by atoms with E-state index >= 15 is 0 Å². The van der Waals surface area contributed by atoms with Gasteiger partial charge in [-0.05, 0) is 33.0 Å². The van der Waals surface area contributed by atoms with Crippen LogP contribution < -0.4 is 0 Å². The van der Waals surface area contributed by atoms with Crippen LogP contribution in [0.3, 0.4) is 0 Å². The summed E-state index contributed by atoms with van der Waals surface area (Å²) in [5.41, 5.74) is 1.72. The van der Waals surface area contributed by atoms with Crippen molar-refractivity contribution in [3.8, 4) is 0 Å². The predicted molar refractivity (Wildman–Crippen MR) is 89.0 cm³/mol. The zero-order valence-corrected chi connectivity index (χ0v) is 13.6. The summed E-state index contributed by atoms with van der Waals surface area (Å²) in [6.45, 7) is 9.81. The van der Waals surface area contributed by atoms with E-state index in [1.54, 1.807) is 31.2 Å². The van der Waals surface area contributed by atoms with Crippen molar-refractivity contribution in [2.75, 3.05) is 26.2 Å². The molecule has 0 amide bonds. The van der Waals surface area contributed by atoms with Crippen LogP contribution in [0.5, 0.6) is 0 Å². The largest absolute Gasteiger partial charge is 0.304 e. The van der Waals surface area contributed by atoms with Crippen molar-refractivity contribution in [1.82, 2.24) is 4.90 Å². The van der Waals surface area contributed by atoms with Crippen LogP contribution in [0.1, 0.15) is 47.9 Å². The summed E-state index contributed by atoms with van der Waals surface area (Å²) in [7, 11) is 0. The van der Waals surface area contributed by atoms with Gasteiger partial charge in [0.15, 0.2) is 11.6 Å². The van der Waals surface area contributed by atoms with E-state index in [0.717, 1.165) is 26.1 Å². The third-order valence-corrected chi connectivity index (χ3v) is 4.29. The Kier molecular flexibility index (Phi) is 5.61. The van der Waals surface area contributed by atoms with Crippen molar-refractivity contribution in [2.45, 2.75) is 27.2 Å². The molecule has 0 atom stereocenters. The van der Waals surface area contributed by atoms with Crippen LogP contribution in [0.25, 0.3) is 0 Å². The molecular weight excluding hydrogens is 276 g/mol. The number of rotatable bonds is 7. The maximum atomic E-state index is 12.4. The first-order chi connectivity index (χ1) is 10.6. The Labute approximate surface area is 132 Å². The molecule has 0 unspecified atom stereocenters. The fourth-order valence-corrected chi connectivity index (χ4v) is 2.90. The first kappa shape index (κ1) is 16.6. The van der Waals surface area contributed by atoms with Crippen LogP contribution >= 0.6 is 0 Å². The Morgan fingerprint density at radius 2 is 1.64 bits per heavy atom. The molecule has 4 heteroatoms. The highest BCUT2D eigenvalue weighted by molar-refractivity contribution is 6.36. The maximum Gasteiger partial charge on any atom is 0.180 e. The molecule has 1 aromatic carbocycles. The van der Waals surface area contributed by atoms with Crippen LogP contribution in [-0.2, 0) is 0 Å². The molecule has 4 nitrogen and oxygen atoms in total. The second-order valence-electron chi connectivity index (χ2n) is 5.61. The molecule has 0 saturated carbocycles. The molecule has 0 spiro atoms. The molecule has 1 aliphatic rings. The molecule has 0 N–H and O–H groups in total. The molecule has 1 aliphatic carbocycles. The molecule has 0 radical (unpaired) electrons. The Morgan fingerprint density at radius 3 is 2.14 bits per heavy atom. The van der Waals surface area contributed by atoms with Crippen molar-refractivity contribution in [3.05, 3.63) is 35.4 Å². The van der Waals surface area contributed by atoms with Crippen molar-refractivity contribution in [1.29, 1.82) is 0 Å². The number of Topliss-reactive ketones (excluding diaryl/α,β-unsaturated/α-hetero) is 2. The van der Waals surface area contributed by atoms with E-state index in [-0.39, 0.29) is 11.6 Å². The topological polar surface area (TPSA) is 49.7 Å². The average Bonchev–Trinajstić information content (AvgIpc) is 2.79. The van der Waals surface area contributed by atoms with Crippen molar-refractivity contribution < 1.29 is 9.59 Å². The van der Waals surface area contributed by atoms with Gasteiger partial charge in [-0.25, -0.2) is 0 Å². The van der Waals surface area contributed by atoms with E-state index in [0.29, 0.717) is 23.4 Å². The minimum absolute atomic E-state index is 0.106. The van der Waals surface area contributed by atoms with Crippen LogP contribution in [0, 0.1) is 5.92 Å². The Balaban J connectivity index is 1.99. The lowest BCUT2D eigenvalue weighted by Crippen LogP contribution is -2.25. The summed E-state index contributed by atoms with van der Waals surface area (Å²) >= 11 is 0. The molecule has 0 saturated heterocycles. The molecule has 0 bridgehead atoms. The first-order valence-electron chi connectivity index (χ1n) is 8.00. The highest BCUT2D eigenvalue weighted by Crippen LogP contribution is 2.27. The van der Waals surface area contributed by atoms with E-state index in [1.165, 1.54) is 0 Å². The van der Waals surface area contributed by atoms with Gasteiger partial charge in [0.25, 0.3) is 0 Å². The lowest BCUT2D eigenvalue weighted by molar-refractivity contribution is 0.0883. The molecule has 22 heavy (non-hydrogen) atoms. The summed E-state index contributed by atoms with van der Waals surface area (Å²) in [6.07, 6.45) is 0.946. The normalized spacial score (nSPS) is 15.7. The first-order valence-corrected chi connectivity index (χ1v) is 8.00. The van der Waals surface area contributed by atoms with E-state index in [4.69, 9.17) is 0 Å². The number of ketones is 2. The molecule has 2 rings (SSSR count). The average molecular weight is 300 g/mol. The Hall–Kier alpha value is -1.81. The van der Waals surface area contributed by atoms with Crippen molar-refractivity contribution in [2.24, 2.45) is 10.9 Å². The molecule has 0 fully saturated rings. The van der Waals surface area contributed by atoms with E-state index in [9.17, 15) is 9.59 Å².